The molecule has 0 aliphatic carbocycles. The van der Waals surface area contributed by atoms with E-state index in [1.807, 2.05) is 6.07 Å². The summed E-state index contributed by atoms with van der Waals surface area (Å²) >= 11 is 0. The molecule has 0 unspecified atom stereocenters. The molecule has 2 aromatic rings. The van der Waals surface area contributed by atoms with E-state index in [1.165, 1.54) is 12.1 Å². The molecule has 0 saturated carbocycles. The van der Waals surface area contributed by atoms with Gasteiger partial charge in [-0.3, -0.25) is 0 Å². The van der Waals surface area contributed by atoms with Crippen molar-refractivity contribution in [3.8, 4) is 0 Å². The second-order valence-electron chi connectivity index (χ2n) is 5.29. The molecule has 2 N–H and O–H groups in total. The van der Waals surface area contributed by atoms with Crippen LogP contribution in [-0.4, -0.2) is 37.5 Å². The summed E-state index contributed by atoms with van der Waals surface area (Å²) in [6.45, 7) is -0.292. The molecule has 0 aliphatic rings. The van der Waals surface area contributed by atoms with Gasteiger partial charge in [0, 0.05) is 24.9 Å². The van der Waals surface area contributed by atoms with Crippen LogP contribution in [0.1, 0.15) is 17.5 Å². The SMILES string of the molecule is CS(=O)(=O)c1ccc(/C(=C(/CCO)C(=O)O)c2ccccc2)cc1. The summed E-state index contributed by atoms with van der Waals surface area (Å²) in [5.41, 5.74) is 1.82. The molecule has 6 heteroatoms. The number of carboxylic acid groups (broad SMARTS) is 1. The molecule has 0 atom stereocenters. The molecular formula is C18H18O5S. The summed E-state index contributed by atoms with van der Waals surface area (Å²) in [6, 6.07) is 15.0. The first kappa shape index (κ1) is 17.9. The van der Waals surface area contributed by atoms with Gasteiger partial charge in [0.05, 0.1) is 4.90 Å². The van der Waals surface area contributed by atoms with E-state index in [-0.39, 0.29) is 23.5 Å². The van der Waals surface area contributed by atoms with Crippen LogP contribution in [0, 0.1) is 0 Å². The van der Waals surface area contributed by atoms with Gasteiger partial charge in [0.25, 0.3) is 0 Å². The zero-order chi connectivity index (χ0) is 17.7. The van der Waals surface area contributed by atoms with Gasteiger partial charge in [0.2, 0.25) is 0 Å². The van der Waals surface area contributed by atoms with Gasteiger partial charge in [0.15, 0.2) is 9.84 Å². The summed E-state index contributed by atoms with van der Waals surface area (Å²) in [7, 11) is -3.33. The van der Waals surface area contributed by atoms with Gasteiger partial charge in [-0.1, -0.05) is 42.5 Å². The number of aliphatic carboxylic acids is 1. The fraction of sp³-hybridized carbons (Fsp3) is 0.167. The number of carboxylic acids is 1. The minimum Gasteiger partial charge on any atom is -0.478 e. The molecule has 5 nitrogen and oxygen atoms in total. The number of aliphatic hydroxyl groups is 1. The van der Waals surface area contributed by atoms with E-state index < -0.39 is 15.8 Å². The highest BCUT2D eigenvalue weighted by Crippen LogP contribution is 2.29. The predicted octanol–water partition coefficient (Wildman–Crippen LogP) is 2.36. The van der Waals surface area contributed by atoms with Crippen LogP contribution in [0.4, 0.5) is 0 Å². The third kappa shape index (κ3) is 4.10. The third-order valence-electron chi connectivity index (χ3n) is 3.56. The lowest BCUT2D eigenvalue weighted by Crippen LogP contribution is -2.07. The van der Waals surface area contributed by atoms with E-state index in [0.717, 1.165) is 6.26 Å². The van der Waals surface area contributed by atoms with Crippen LogP contribution in [0.2, 0.25) is 0 Å². The average molecular weight is 346 g/mol. The molecule has 0 spiro atoms. The highest BCUT2D eigenvalue weighted by molar-refractivity contribution is 7.90. The summed E-state index contributed by atoms with van der Waals surface area (Å²) in [6.07, 6.45) is 1.11. The minimum absolute atomic E-state index is 0.00656. The van der Waals surface area contributed by atoms with Crippen LogP contribution in [0.25, 0.3) is 5.57 Å². The zero-order valence-electron chi connectivity index (χ0n) is 13.1. The van der Waals surface area contributed by atoms with E-state index >= 15 is 0 Å². The van der Waals surface area contributed by atoms with Crippen molar-refractivity contribution in [2.75, 3.05) is 12.9 Å². The molecule has 2 rings (SSSR count). The minimum atomic E-state index is -3.33. The van der Waals surface area contributed by atoms with Gasteiger partial charge in [0.1, 0.15) is 0 Å². The van der Waals surface area contributed by atoms with Crippen LogP contribution in [0.15, 0.2) is 65.1 Å². The van der Waals surface area contributed by atoms with Crippen molar-refractivity contribution in [1.29, 1.82) is 0 Å². The maximum Gasteiger partial charge on any atom is 0.332 e. The highest BCUT2D eigenvalue weighted by atomic mass is 32.2. The van der Waals surface area contributed by atoms with Gasteiger partial charge in [-0.2, -0.15) is 0 Å². The summed E-state index contributed by atoms with van der Waals surface area (Å²) < 4.78 is 23.2. The monoisotopic (exact) mass is 346 g/mol. The Kier molecular flexibility index (Phi) is 5.54. The van der Waals surface area contributed by atoms with Crippen molar-refractivity contribution in [3.05, 3.63) is 71.3 Å². The van der Waals surface area contributed by atoms with Crippen molar-refractivity contribution >= 4 is 21.4 Å². The first-order valence-electron chi connectivity index (χ1n) is 7.28. The van der Waals surface area contributed by atoms with Crippen LogP contribution in [0.3, 0.4) is 0 Å². The number of sulfone groups is 1. The van der Waals surface area contributed by atoms with Crippen LogP contribution in [-0.2, 0) is 14.6 Å². The largest absolute Gasteiger partial charge is 0.478 e. The van der Waals surface area contributed by atoms with Crippen LogP contribution < -0.4 is 0 Å². The Morgan fingerprint density at radius 1 is 0.958 bits per heavy atom. The molecule has 0 heterocycles. The molecule has 0 amide bonds. The van der Waals surface area contributed by atoms with E-state index in [9.17, 15) is 23.4 Å². The van der Waals surface area contributed by atoms with Crippen molar-refractivity contribution in [2.45, 2.75) is 11.3 Å². The predicted molar refractivity (Wildman–Crippen MR) is 91.4 cm³/mol. The Bertz CT molecular complexity index is 850. The average Bonchev–Trinajstić information content (AvgIpc) is 2.55. The number of carbonyl (C=O) groups is 1. The maximum atomic E-state index is 11.6. The summed E-state index contributed by atoms with van der Waals surface area (Å²) in [5, 5.41) is 18.7. The Balaban J connectivity index is 2.67. The maximum absolute atomic E-state index is 11.6. The Morgan fingerprint density at radius 3 is 1.96 bits per heavy atom. The van der Waals surface area contributed by atoms with E-state index in [1.54, 1.807) is 36.4 Å². The van der Waals surface area contributed by atoms with Gasteiger partial charge < -0.3 is 10.2 Å². The first-order valence-corrected chi connectivity index (χ1v) is 9.17. The lowest BCUT2D eigenvalue weighted by atomic mass is 9.91. The van der Waals surface area contributed by atoms with Crippen molar-refractivity contribution in [2.24, 2.45) is 0 Å². The fourth-order valence-electron chi connectivity index (χ4n) is 2.44. The molecule has 0 radical (unpaired) electrons. The van der Waals surface area contributed by atoms with Crippen molar-refractivity contribution in [3.63, 3.8) is 0 Å². The Hall–Kier alpha value is -2.44. The first-order chi connectivity index (χ1) is 11.3. The van der Waals surface area contributed by atoms with Crippen LogP contribution in [0.5, 0.6) is 0 Å². The standard InChI is InChI=1S/C18H18O5S/c1-24(22,23)15-9-7-14(8-10-15)17(13-5-3-2-4-6-13)16(11-12-19)18(20)21/h2-10,19H,11-12H2,1H3,(H,20,21)/b17-16-. The second kappa shape index (κ2) is 7.42. The Morgan fingerprint density at radius 2 is 1.50 bits per heavy atom. The van der Waals surface area contributed by atoms with Crippen molar-refractivity contribution in [1.82, 2.24) is 0 Å². The molecular weight excluding hydrogens is 328 g/mol. The molecule has 0 bridgehead atoms. The Labute approximate surface area is 140 Å². The fourth-order valence-corrected chi connectivity index (χ4v) is 3.07. The number of hydrogen-bond acceptors (Lipinski definition) is 4. The molecule has 126 valence electrons. The molecule has 24 heavy (non-hydrogen) atoms. The van der Waals surface area contributed by atoms with E-state index in [0.29, 0.717) is 16.7 Å². The lowest BCUT2D eigenvalue weighted by molar-refractivity contribution is -0.132. The highest BCUT2D eigenvalue weighted by Gasteiger charge is 2.18. The molecule has 2 aromatic carbocycles. The summed E-state index contributed by atoms with van der Waals surface area (Å²) in [5.74, 6) is -1.12. The van der Waals surface area contributed by atoms with Gasteiger partial charge in [-0.05, 0) is 28.8 Å². The number of hydrogen-bond donors (Lipinski definition) is 2. The zero-order valence-corrected chi connectivity index (χ0v) is 14.0. The lowest BCUT2D eigenvalue weighted by Gasteiger charge is -2.13. The van der Waals surface area contributed by atoms with E-state index in [4.69, 9.17) is 0 Å². The van der Waals surface area contributed by atoms with Gasteiger partial charge in [-0.15, -0.1) is 0 Å². The third-order valence-corrected chi connectivity index (χ3v) is 4.68. The number of aliphatic hydroxyl groups excluding tert-OH is 1. The van der Waals surface area contributed by atoms with Gasteiger partial charge in [-0.25, -0.2) is 13.2 Å². The second-order valence-corrected chi connectivity index (χ2v) is 7.31. The molecule has 0 saturated heterocycles. The molecule has 0 fully saturated rings. The normalized spacial score (nSPS) is 12.6. The molecule has 0 aromatic heterocycles. The number of benzene rings is 2. The summed E-state index contributed by atoms with van der Waals surface area (Å²) in [4.78, 5) is 11.8. The smallest absolute Gasteiger partial charge is 0.332 e. The van der Waals surface area contributed by atoms with Crippen molar-refractivity contribution < 1.29 is 23.4 Å². The van der Waals surface area contributed by atoms with E-state index in [2.05, 4.69) is 0 Å². The number of rotatable bonds is 6. The van der Waals surface area contributed by atoms with Crippen LogP contribution >= 0.6 is 0 Å². The van der Waals surface area contributed by atoms with Gasteiger partial charge >= 0.3 is 5.97 Å². The molecule has 0 aliphatic heterocycles. The topological polar surface area (TPSA) is 91.7 Å². The quantitative estimate of drug-likeness (QED) is 0.784.